The van der Waals surface area contributed by atoms with E-state index in [-0.39, 0.29) is 17.6 Å². The summed E-state index contributed by atoms with van der Waals surface area (Å²) in [5.74, 6) is -0.787. The number of nitrogens with zero attached hydrogens (tertiary/aromatic N) is 3. The topological polar surface area (TPSA) is 94.6 Å². The molecule has 1 unspecified atom stereocenters. The van der Waals surface area contributed by atoms with Gasteiger partial charge in [-0.2, -0.15) is 0 Å². The second kappa shape index (κ2) is 9.90. The number of piperazine rings is 1. The number of anilines is 2. The third-order valence-electron chi connectivity index (χ3n) is 4.97. The van der Waals surface area contributed by atoms with Crippen LogP contribution in [0.4, 0.5) is 20.6 Å². The summed E-state index contributed by atoms with van der Waals surface area (Å²) in [5.41, 5.74) is 0.813. The second-order valence-corrected chi connectivity index (χ2v) is 7.25. The number of rotatable bonds is 6. The molecule has 2 saturated heterocycles. The highest BCUT2D eigenvalue weighted by molar-refractivity contribution is 7.80. The van der Waals surface area contributed by atoms with E-state index in [4.69, 9.17) is 26.8 Å². The van der Waals surface area contributed by atoms with E-state index in [1.165, 1.54) is 11.0 Å². The highest BCUT2D eigenvalue weighted by Crippen LogP contribution is 2.28. The van der Waals surface area contributed by atoms with Gasteiger partial charge in [0.1, 0.15) is 18.5 Å². The van der Waals surface area contributed by atoms with Crippen LogP contribution in [0.1, 0.15) is 6.92 Å². The molecule has 2 heterocycles. The van der Waals surface area contributed by atoms with Gasteiger partial charge in [-0.05, 0) is 37.3 Å². The first-order valence-electron chi connectivity index (χ1n) is 9.74. The maximum Gasteiger partial charge on any atom is 0.414 e. The number of thiocarbonyl (C=S) groups is 1. The molecule has 0 radical (unpaired) electrons. The van der Waals surface area contributed by atoms with Gasteiger partial charge in [0.25, 0.3) is 5.17 Å². The Morgan fingerprint density at radius 2 is 2.10 bits per heavy atom. The number of hydrogen-bond donors (Lipinski definition) is 2. The van der Waals surface area contributed by atoms with Crippen molar-refractivity contribution in [3.05, 3.63) is 24.0 Å². The lowest BCUT2D eigenvalue weighted by Gasteiger charge is -2.36. The van der Waals surface area contributed by atoms with Crippen LogP contribution in [0.5, 0.6) is 0 Å². The van der Waals surface area contributed by atoms with E-state index in [0.717, 1.165) is 0 Å². The normalized spacial score (nSPS) is 19.0. The summed E-state index contributed by atoms with van der Waals surface area (Å²) >= 11 is 4.99. The van der Waals surface area contributed by atoms with Crippen LogP contribution < -0.4 is 15.1 Å². The number of hydrogen-bond acceptors (Lipinski definition) is 7. The van der Waals surface area contributed by atoms with Gasteiger partial charge in [-0.25, -0.2) is 9.18 Å². The van der Waals surface area contributed by atoms with Gasteiger partial charge in [0.05, 0.1) is 31.1 Å². The Labute approximate surface area is 179 Å². The third kappa shape index (κ3) is 5.08. The third-order valence-corrected chi connectivity index (χ3v) is 5.24. The second-order valence-electron chi connectivity index (χ2n) is 6.88. The maximum absolute atomic E-state index is 14.8. The number of amides is 2. The van der Waals surface area contributed by atoms with Gasteiger partial charge in [-0.15, -0.1) is 0 Å². The van der Waals surface area contributed by atoms with Crippen LogP contribution in [0.3, 0.4) is 0 Å². The highest BCUT2D eigenvalue weighted by Gasteiger charge is 2.33. The molecule has 1 aromatic rings. The molecule has 2 fully saturated rings. The average molecular weight is 440 g/mol. The van der Waals surface area contributed by atoms with E-state index in [1.54, 1.807) is 17.0 Å². The minimum absolute atomic E-state index is 0.239. The molecular formula is C19H25FN4O5S. The Bertz CT molecular complexity index is 803. The van der Waals surface area contributed by atoms with E-state index >= 15 is 0 Å². The van der Waals surface area contributed by atoms with E-state index in [0.29, 0.717) is 50.7 Å². The molecule has 11 heteroatoms. The fourth-order valence-electron chi connectivity index (χ4n) is 3.43. The van der Waals surface area contributed by atoms with Gasteiger partial charge in [0.2, 0.25) is 5.91 Å². The quantitative estimate of drug-likeness (QED) is 0.625. The van der Waals surface area contributed by atoms with E-state index < -0.39 is 24.6 Å². The summed E-state index contributed by atoms with van der Waals surface area (Å²) in [7, 11) is 0. The zero-order valence-electron chi connectivity index (χ0n) is 16.7. The molecule has 0 aliphatic carbocycles. The van der Waals surface area contributed by atoms with Gasteiger partial charge in [-0.1, -0.05) is 0 Å². The van der Waals surface area contributed by atoms with Gasteiger partial charge >= 0.3 is 6.09 Å². The fourth-order valence-corrected chi connectivity index (χ4v) is 3.64. The summed E-state index contributed by atoms with van der Waals surface area (Å²) in [5, 5.41) is 12.1. The first kappa shape index (κ1) is 22.0. The number of ether oxygens (including phenoxy) is 2. The number of cyclic esters (lactones) is 1. The molecule has 2 N–H and O–H groups in total. The summed E-state index contributed by atoms with van der Waals surface area (Å²) in [4.78, 5) is 28.5. The van der Waals surface area contributed by atoms with E-state index in [9.17, 15) is 14.0 Å². The summed E-state index contributed by atoms with van der Waals surface area (Å²) in [6, 6.07) is 4.60. The van der Waals surface area contributed by atoms with Gasteiger partial charge < -0.3 is 29.7 Å². The van der Waals surface area contributed by atoms with Crippen molar-refractivity contribution in [1.29, 1.82) is 0 Å². The van der Waals surface area contributed by atoms with Crippen molar-refractivity contribution < 1.29 is 28.6 Å². The molecular weight excluding hydrogens is 415 g/mol. The molecule has 0 aromatic heterocycles. The van der Waals surface area contributed by atoms with Crippen molar-refractivity contribution in [1.82, 2.24) is 10.2 Å². The Hall–Kier alpha value is -2.66. The van der Waals surface area contributed by atoms with Crippen LogP contribution in [-0.4, -0.2) is 85.8 Å². The van der Waals surface area contributed by atoms with Crippen LogP contribution in [-0.2, 0) is 14.3 Å². The molecule has 2 amide bonds. The lowest BCUT2D eigenvalue weighted by molar-refractivity contribution is -0.134. The molecule has 2 aliphatic rings. The Morgan fingerprint density at radius 1 is 1.37 bits per heavy atom. The molecule has 0 bridgehead atoms. The van der Waals surface area contributed by atoms with Crippen molar-refractivity contribution in [3.8, 4) is 0 Å². The van der Waals surface area contributed by atoms with Gasteiger partial charge in [0.15, 0.2) is 0 Å². The molecule has 0 saturated carbocycles. The highest BCUT2D eigenvalue weighted by atomic mass is 32.1. The summed E-state index contributed by atoms with van der Waals surface area (Å²) in [6.45, 7) is 4.05. The lowest BCUT2D eigenvalue weighted by atomic mass is 10.2. The van der Waals surface area contributed by atoms with Crippen molar-refractivity contribution in [3.63, 3.8) is 0 Å². The smallest absolute Gasteiger partial charge is 0.414 e. The van der Waals surface area contributed by atoms with Crippen LogP contribution >= 0.6 is 12.2 Å². The Kier molecular flexibility index (Phi) is 7.27. The SMILES string of the molecule is CCOC(=S)NCC1CN(c2ccc(N3CCN(C(=O)CO)CC3)c(F)c2)C(=O)O1. The number of carbonyl (C=O) groups excluding carboxylic acids is 2. The van der Waals surface area contributed by atoms with Crippen molar-refractivity contribution in [2.75, 3.05) is 62.3 Å². The zero-order chi connectivity index (χ0) is 21.7. The van der Waals surface area contributed by atoms with Crippen LogP contribution in [0.2, 0.25) is 0 Å². The number of halogens is 1. The lowest BCUT2D eigenvalue weighted by Crippen LogP contribution is -2.49. The predicted molar refractivity (Wildman–Crippen MR) is 112 cm³/mol. The van der Waals surface area contributed by atoms with Crippen LogP contribution in [0.25, 0.3) is 0 Å². The van der Waals surface area contributed by atoms with Crippen molar-refractivity contribution in [2.45, 2.75) is 13.0 Å². The molecule has 164 valence electrons. The minimum Gasteiger partial charge on any atom is -0.471 e. The molecule has 30 heavy (non-hydrogen) atoms. The Balaban J connectivity index is 1.59. The minimum atomic E-state index is -0.549. The van der Waals surface area contributed by atoms with Crippen LogP contribution in [0, 0.1) is 5.82 Å². The fraction of sp³-hybridized carbons (Fsp3) is 0.526. The van der Waals surface area contributed by atoms with Crippen LogP contribution in [0.15, 0.2) is 18.2 Å². The first-order valence-corrected chi connectivity index (χ1v) is 10.2. The van der Waals surface area contributed by atoms with E-state index in [1.807, 2.05) is 11.8 Å². The maximum atomic E-state index is 14.8. The van der Waals surface area contributed by atoms with E-state index in [2.05, 4.69) is 5.32 Å². The number of aliphatic hydroxyl groups excluding tert-OH is 1. The van der Waals surface area contributed by atoms with Crippen molar-refractivity contribution in [2.24, 2.45) is 0 Å². The summed E-state index contributed by atoms with van der Waals surface area (Å²) in [6.07, 6.45) is -0.983. The molecule has 2 aliphatic heterocycles. The first-order chi connectivity index (χ1) is 14.4. The van der Waals surface area contributed by atoms with Gasteiger partial charge in [0, 0.05) is 26.2 Å². The molecule has 9 nitrogen and oxygen atoms in total. The number of aliphatic hydroxyl groups is 1. The average Bonchev–Trinajstić information content (AvgIpc) is 3.12. The van der Waals surface area contributed by atoms with Gasteiger partial charge in [-0.3, -0.25) is 9.69 Å². The number of benzene rings is 1. The molecule has 1 atom stereocenters. The predicted octanol–water partition coefficient (Wildman–Crippen LogP) is 0.703. The largest absolute Gasteiger partial charge is 0.471 e. The number of nitrogens with one attached hydrogen (secondary N) is 1. The standard InChI is InChI=1S/C19H25FN4O5S/c1-2-28-18(30)21-10-14-11-24(19(27)29-14)13-3-4-16(15(20)9-13)22-5-7-23(8-6-22)17(26)12-25/h3-4,9,14,25H,2,5-8,10-12H2,1H3,(H,21,30). The monoisotopic (exact) mass is 440 g/mol. The molecule has 3 rings (SSSR count). The zero-order valence-corrected chi connectivity index (χ0v) is 17.5. The Morgan fingerprint density at radius 3 is 2.73 bits per heavy atom. The summed E-state index contributed by atoms with van der Waals surface area (Å²) < 4.78 is 25.2. The van der Waals surface area contributed by atoms with Crippen molar-refractivity contribution >= 4 is 40.8 Å². The molecule has 1 aromatic carbocycles. The number of carbonyl (C=O) groups is 2. The molecule has 0 spiro atoms.